The molecule has 0 amide bonds. The predicted molar refractivity (Wildman–Crippen MR) is 68.0 cm³/mol. The highest BCUT2D eigenvalue weighted by Crippen LogP contribution is 2.21. The minimum atomic E-state index is 0.159. The smallest absolute Gasteiger partial charge is 0.105 e. The first-order valence-corrected chi connectivity index (χ1v) is 6.32. The Hall–Kier alpha value is -0.900. The average Bonchev–Trinajstić information content (AvgIpc) is 2.31. The molecule has 0 saturated carbocycles. The van der Waals surface area contributed by atoms with E-state index in [1.165, 1.54) is 5.56 Å². The van der Waals surface area contributed by atoms with Gasteiger partial charge in [0.05, 0.1) is 25.4 Å². The summed E-state index contributed by atoms with van der Waals surface area (Å²) in [6.07, 6.45) is 0.432. The van der Waals surface area contributed by atoms with E-state index in [1.807, 2.05) is 6.07 Å². The minimum Gasteiger partial charge on any atom is -0.376 e. The van der Waals surface area contributed by atoms with Gasteiger partial charge >= 0.3 is 0 Å². The second kappa shape index (κ2) is 6.15. The van der Waals surface area contributed by atoms with Crippen molar-refractivity contribution in [2.45, 2.75) is 32.1 Å². The Morgan fingerprint density at radius 1 is 1.35 bits per heavy atom. The number of hydrogen-bond donors (Lipinski definition) is 1. The fourth-order valence-corrected chi connectivity index (χ4v) is 2.11. The Bertz CT molecular complexity index is 324. The van der Waals surface area contributed by atoms with Crippen LogP contribution in [0.5, 0.6) is 0 Å². The first-order valence-electron chi connectivity index (χ1n) is 6.32. The molecule has 3 heteroatoms. The monoisotopic (exact) mass is 235 g/mol. The molecule has 1 aliphatic rings. The normalized spacial score (nSPS) is 19.6. The van der Waals surface area contributed by atoms with Gasteiger partial charge in [-0.25, -0.2) is 0 Å². The van der Waals surface area contributed by atoms with Crippen LogP contribution in [0.4, 0.5) is 0 Å². The molecule has 0 aromatic heterocycles. The third kappa shape index (κ3) is 3.28. The summed E-state index contributed by atoms with van der Waals surface area (Å²) in [6, 6.07) is 10.7. The van der Waals surface area contributed by atoms with Crippen molar-refractivity contribution in [3.05, 3.63) is 35.9 Å². The van der Waals surface area contributed by atoms with Crippen LogP contribution in [-0.4, -0.2) is 32.0 Å². The predicted octanol–water partition coefficient (Wildman–Crippen LogP) is 2.14. The lowest BCUT2D eigenvalue weighted by molar-refractivity contribution is -0.156. The molecule has 1 aliphatic heterocycles. The van der Waals surface area contributed by atoms with Crippen LogP contribution in [0.2, 0.25) is 0 Å². The molecule has 2 atom stereocenters. The Morgan fingerprint density at radius 3 is 2.59 bits per heavy atom. The van der Waals surface area contributed by atoms with Crippen molar-refractivity contribution in [3.8, 4) is 0 Å². The van der Waals surface area contributed by atoms with Crippen molar-refractivity contribution in [2.75, 3.05) is 19.8 Å². The van der Waals surface area contributed by atoms with E-state index in [2.05, 4.69) is 43.4 Å². The van der Waals surface area contributed by atoms with Gasteiger partial charge in [0.2, 0.25) is 0 Å². The van der Waals surface area contributed by atoms with Crippen LogP contribution < -0.4 is 5.32 Å². The molecule has 1 N–H and O–H groups in total. The van der Waals surface area contributed by atoms with Crippen LogP contribution in [0.15, 0.2) is 30.3 Å². The van der Waals surface area contributed by atoms with E-state index in [9.17, 15) is 0 Å². The fraction of sp³-hybridized carbons (Fsp3) is 0.571. The number of nitrogens with one attached hydrogen (secondary N) is 1. The van der Waals surface area contributed by atoms with Gasteiger partial charge in [0.25, 0.3) is 0 Å². The maximum absolute atomic E-state index is 5.97. The van der Waals surface area contributed by atoms with Crippen molar-refractivity contribution < 1.29 is 9.47 Å². The van der Waals surface area contributed by atoms with E-state index in [0.717, 1.165) is 19.8 Å². The van der Waals surface area contributed by atoms with Gasteiger partial charge in [-0.1, -0.05) is 37.3 Å². The van der Waals surface area contributed by atoms with Crippen molar-refractivity contribution >= 4 is 0 Å². The van der Waals surface area contributed by atoms with Gasteiger partial charge < -0.3 is 14.8 Å². The maximum Gasteiger partial charge on any atom is 0.105 e. The van der Waals surface area contributed by atoms with Gasteiger partial charge in [0.1, 0.15) is 6.10 Å². The summed E-state index contributed by atoms with van der Waals surface area (Å²) in [7, 11) is 0. The van der Waals surface area contributed by atoms with Gasteiger partial charge in [-0.3, -0.25) is 0 Å². The highest BCUT2D eigenvalue weighted by atomic mass is 16.6. The molecule has 2 unspecified atom stereocenters. The van der Waals surface area contributed by atoms with Crippen LogP contribution in [-0.2, 0) is 9.47 Å². The molecule has 0 radical (unpaired) electrons. The van der Waals surface area contributed by atoms with E-state index in [1.54, 1.807) is 0 Å². The zero-order valence-corrected chi connectivity index (χ0v) is 10.6. The summed E-state index contributed by atoms with van der Waals surface area (Å²) in [5.74, 6) is 0. The lowest BCUT2D eigenvalue weighted by Gasteiger charge is -2.33. The molecule has 1 fully saturated rings. The summed E-state index contributed by atoms with van der Waals surface area (Å²) >= 11 is 0. The number of rotatable bonds is 6. The van der Waals surface area contributed by atoms with Crippen LogP contribution in [0.3, 0.4) is 0 Å². The van der Waals surface area contributed by atoms with Crippen LogP contribution >= 0.6 is 0 Å². The van der Waals surface area contributed by atoms with E-state index < -0.39 is 0 Å². The van der Waals surface area contributed by atoms with E-state index in [-0.39, 0.29) is 18.2 Å². The molecule has 1 saturated heterocycles. The summed E-state index contributed by atoms with van der Waals surface area (Å²) in [4.78, 5) is 0. The molecule has 3 nitrogen and oxygen atoms in total. The average molecular weight is 235 g/mol. The quantitative estimate of drug-likeness (QED) is 0.819. The van der Waals surface area contributed by atoms with Gasteiger partial charge in [-0.05, 0) is 19.0 Å². The maximum atomic E-state index is 5.97. The molecule has 2 rings (SSSR count). The summed E-state index contributed by atoms with van der Waals surface area (Å²) in [5, 5.41) is 3.49. The fourth-order valence-electron chi connectivity index (χ4n) is 2.11. The number of likely N-dealkylation sites (N-methyl/N-ethyl adjacent to an activating group) is 1. The topological polar surface area (TPSA) is 30.5 Å². The standard InChI is InChI=1S/C14H21NO2/c1-3-15-14(12-7-5-4-6-8-12)11(2)17-13-9-16-10-13/h4-8,11,13-15H,3,9-10H2,1-2H3. The van der Waals surface area contributed by atoms with Gasteiger partial charge in [0, 0.05) is 0 Å². The van der Waals surface area contributed by atoms with Crippen molar-refractivity contribution in [1.29, 1.82) is 0 Å². The molecule has 0 bridgehead atoms. The van der Waals surface area contributed by atoms with Crippen molar-refractivity contribution in [1.82, 2.24) is 5.32 Å². The second-order valence-corrected chi connectivity index (χ2v) is 4.45. The second-order valence-electron chi connectivity index (χ2n) is 4.45. The Balaban J connectivity index is 2.00. The van der Waals surface area contributed by atoms with Crippen LogP contribution in [0.1, 0.15) is 25.5 Å². The molecular weight excluding hydrogens is 214 g/mol. The first-order chi connectivity index (χ1) is 8.31. The minimum absolute atomic E-state index is 0.159. The zero-order valence-electron chi connectivity index (χ0n) is 10.6. The molecule has 0 spiro atoms. The summed E-state index contributed by atoms with van der Waals surface area (Å²) in [6.45, 7) is 6.65. The van der Waals surface area contributed by atoms with Gasteiger partial charge in [0.15, 0.2) is 0 Å². The Labute approximate surface area is 103 Å². The van der Waals surface area contributed by atoms with E-state index >= 15 is 0 Å². The van der Waals surface area contributed by atoms with E-state index in [4.69, 9.17) is 9.47 Å². The Kier molecular flexibility index (Phi) is 4.54. The van der Waals surface area contributed by atoms with Crippen molar-refractivity contribution in [2.24, 2.45) is 0 Å². The molecule has 1 aromatic rings. The molecular formula is C14H21NO2. The third-order valence-electron chi connectivity index (χ3n) is 3.07. The van der Waals surface area contributed by atoms with Gasteiger partial charge in [-0.15, -0.1) is 0 Å². The third-order valence-corrected chi connectivity index (χ3v) is 3.07. The molecule has 1 heterocycles. The van der Waals surface area contributed by atoms with Gasteiger partial charge in [-0.2, -0.15) is 0 Å². The van der Waals surface area contributed by atoms with Crippen LogP contribution in [0.25, 0.3) is 0 Å². The molecule has 17 heavy (non-hydrogen) atoms. The lowest BCUT2D eigenvalue weighted by Crippen LogP contribution is -2.42. The highest BCUT2D eigenvalue weighted by molar-refractivity contribution is 5.20. The van der Waals surface area contributed by atoms with Crippen LogP contribution in [0, 0.1) is 0 Å². The van der Waals surface area contributed by atoms with E-state index in [0.29, 0.717) is 0 Å². The molecule has 1 aromatic carbocycles. The Morgan fingerprint density at radius 2 is 2.06 bits per heavy atom. The number of hydrogen-bond acceptors (Lipinski definition) is 3. The number of benzene rings is 1. The zero-order chi connectivity index (χ0) is 12.1. The SMILES string of the molecule is CCNC(c1ccccc1)C(C)OC1COC1. The van der Waals surface area contributed by atoms with Crippen molar-refractivity contribution in [3.63, 3.8) is 0 Å². The largest absolute Gasteiger partial charge is 0.376 e. The first kappa shape index (κ1) is 12.6. The highest BCUT2D eigenvalue weighted by Gasteiger charge is 2.26. The molecule has 0 aliphatic carbocycles. The molecule has 94 valence electrons. The lowest BCUT2D eigenvalue weighted by atomic mass is 10.0. The summed E-state index contributed by atoms with van der Waals surface area (Å²) in [5.41, 5.74) is 1.28. The summed E-state index contributed by atoms with van der Waals surface area (Å²) < 4.78 is 11.1. The number of ether oxygens (including phenoxy) is 2.